The third-order valence-electron chi connectivity index (χ3n) is 3.40. The molecule has 1 aromatic carbocycles. The first-order chi connectivity index (χ1) is 9.57. The summed E-state index contributed by atoms with van der Waals surface area (Å²) in [5, 5.41) is 2.81. The highest BCUT2D eigenvalue weighted by molar-refractivity contribution is 5.97. The van der Waals surface area contributed by atoms with E-state index in [1.807, 2.05) is 31.2 Å². The number of nitrogens with one attached hydrogen (secondary N) is 1. The van der Waals surface area contributed by atoms with Crippen LogP contribution in [0.1, 0.15) is 36.2 Å². The molecule has 4 heteroatoms. The maximum atomic E-state index is 12.2. The van der Waals surface area contributed by atoms with Crippen LogP contribution in [0.3, 0.4) is 0 Å². The molecule has 0 aliphatic carbocycles. The van der Waals surface area contributed by atoms with Crippen LogP contribution in [-0.4, -0.2) is 24.0 Å². The van der Waals surface area contributed by atoms with Crippen molar-refractivity contribution in [2.24, 2.45) is 0 Å². The van der Waals surface area contributed by atoms with Gasteiger partial charge in [-0.1, -0.05) is 30.4 Å². The van der Waals surface area contributed by atoms with Gasteiger partial charge in [0, 0.05) is 13.0 Å². The van der Waals surface area contributed by atoms with Crippen molar-refractivity contribution in [1.82, 2.24) is 5.32 Å². The van der Waals surface area contributed by atoms with Gasteiger partial charge in [0.15, 0.2) is 5.60 Å². The van der Waals surface area contributed by atoms with Gasteiger partial charge in [0.05, 0.1) is 5.56 Å². The second kappa shape index (κ2) is 5.90. The number of carbonyl (C=O) groups is 2. The van der Waals surface area contributed by atoms with Crippen molar-refractivity contribution in [1.29, 1.82) is 0 Å². The number of esters is 1. The molecule has 1 N–H and O–H groups in total. The van der Waals surface area contributed by atoms with E-state index in [-0.39, 0.29) is 5.91 Å². The van der Waals surface area contributed by atoms with Crippen molar-refractivity contribution in [3.05, 3.63) is 47.5 Å². The predicted octanol–water partition coefficient (Wildman–Crippen LogP) is 2.24. The number of benzene rings is 1. The first-order valence-electron chi connectivity index (χ1n) is 6.77. The van der Waals surface area contributed by atoms with Crippen molar-refractivity contribution in [3.63, 3.8) is 0 Å². The Morgan fingerprint density at radius 1 is 1.45 bits per heavy atom. The van der Waals surface area contributed by atoms with Gasteiger partial charge in [0.2, 0.25) is 0 Å². The number of fused-ring (bicyclic) bond motifs is 1. The van der Waals surface area contributed by atoms with Gasteiger partial charge in [0.25, 0.3) is 5.91 Å². The maximum absolute atomic E-state index is 12.2. The van der Waals surface area contributed by atoms with Crippen molar-refractivity contribution in [2.75, 3.05) is 6.54 Å². The number of hydrogen-bond donors (Lipinski definition) is 1. The molecule has 1 aromatic rings. The lowest BCUT2D eigenvalue weighted by atomic mass is 9.89. The SMILES string of the molecule is C/C=C/CCNC(=O)[C@@]1(C)Cc2ccccc2C(=O)O1. The summed E-state index contributed by atoms with van der Waals surface area (Å²) in [6, 6.07) is 7.24. The summed E-state index contributed by atoms with van der Waals surface area (Å²) in [6.07, 6.45) is 5.09. The minimum absolute atomic E-state index is 0.246. The normalized spacial score (nSPS) is 21.4. The molecule has 1 aliphatic heterocycles. The number of hydrogen-bond acceptors (Lipinski definition) is 3. The highest BCUT2D eigenvalue weighted by Crippen LogP contribution is 2.28. The van der Waals surface area contributed by atoms with Gasteiger partial charge in [-0.2, -0.15) is 0 Å². The van der Waals surface area contributed by atoms with Gasteiger partial charge in [0.1, 0.15) is 0 Å². The van der Waals surface area contributed by atoms with Crippen molar-refractivity contribution < 1.29 is 14.3 Å². The summed E-state index contributed by atoms with van der Waals surface area (Å²) in [4.78, 5) is 24.2. The number of ether oxygens (including phenoxy) is 1. The van der Waals surface area contributed by atoms with E-state index < -0.39 is 11.6 Å². The Kier molecular flexibility index (Phi) is 4.23. The van der Waals surface area contributed by atoms with E-state index in [0.717, 1.165) is 12.0 Å². The molecule has 1 aliphatic rings. The van der Waals surface area contributed by atoms with Gasteiger partial charge in [-0.25, -0.2) is 4.79 Å². The fraction of sp³-hybridized carbons (Fsp3) is 0.375. The lowest BCUT2D eigenvalue weighted by Gasteiger charge is -2.33. The minimum Gasteiger partial charge on any atom is -0.445 e. The lowest BCUT2D eigenvalue weighted by Crippen LogP contribution is -2.51. The highest BCUT2D eigenvalue weighted by Gasteiger charge is 2.42. The maximum Gasteiger partial charge on any atom is 0.339 e. The Morgan fingerprint density at radius 3 is 2.95 bits per heavy atom. The molecule has 106 valence electrons. The Hall–Kier alpha value is -2.10. The summed E-state index contributed by atoms with van der Waals surface area (Å²) in [5.74, 6) is -0.678. The molecule has 1 heterocycles. The Labute approximate surface area is 118 Å². The smallest absolute Gasteiger partial charge is 0.339 e. The average Bonchev–Trinajstić information content (AvgIpc) is 2.43. The van der Waals surface area contributed by atoms with Crippen molar-refractivity contribution in [2.45, 2.75) is 32.3 Å². The summed E-state index contributed by atoms with van der Waals surface area (Å²) in [7, 11) is 0. The molecular weight excluding hydrogens is 254 g/mol. The zero-order chi connectivity index (χ0) is 14.6. The average molecular weight is 273 g/mol. The summed E-state index contributed by atoms with van der Waals surface area (Å²) >= 11 is 0. The van der Waals surface area contributed by atoms with E-state index in [4.69, 9.17) is 4.74 Å². The summed E-state index contributed by atoms with van der Waals surface area (Å²) in [5.41, 5.74) is 0.281. The van der Waals surface area contributed by atoms with Crippen LogP contribution >= 0.6 is 0 Å². The first kappa shape index (κ1) is 14.3. The third kappa shape index (κ3) is 2.90. The largest absolute Gasteiger partial charge is 0.445 e. The molecule has 2 rings (SSSR count). The highest BCUT2D eigenvalue weighted by atomic mass is 16.6. The van der Waals surface area contributed by atoms with E-state index in [9.17, 15) is 9.59 Å². The fourth-order valence-corrected chi connectivity index (χ4v) is 2.28. The monoisotopic (exact) mass is 273 g/mol. The van der Waals surface area contributed by atoms with Gasteiger partial charge >= 0.3 is 5.97 Å². The fourth-order valence-electron chi connectivity index (χ4n) is 2.28. The predicted molar refractivity (Wildman–Crippen MR) is 76.4 cm³/mol. The third-order valence-corrected chi connectivity index (χ3v) is 3.40. The first-order valence-corrected chi connectivity index (χ1v) is 6.77. The number of amides is 1. The van der Waals surface area contributed by atoms with Crippen LogP contribution in [0, 0.1) is 0 Å². The molecule has 0 unspecified atom stereocenters. The van der Waals surface area contributed by atoms with Crippen LogP contribution in [0.5, 0.6) is 0 Å². The van der Waals surface area contributed by atoms with Gasteiger partial charge in [-0.15, -0.1) is 0 Å². The van der Waals surface area contributed by atoms with E-state index in [2.05, 4.69) is 5.32 Å². The standard InChI is InChI=1S/C16H19NO3/c1-3-4-7-10-17-15(19)16(2)11-12-8-5-6-9-13(12)14(18)20-16/h3-6,8-9H,7,10-11H2,1-2H3,(H,17,19)/b4-3+/t16-/m1/s1. The molecule has 0 bridgehead atoms. The van der Waals surface area contributed by atoms with E-state index in [1.54, 1.807) is 19.1 Å². The van der Waals surface area contributed by atoms with Crippen LogP contribution in [0.15, 0.2) is 36.4 Å². The van der Waals surface area contributed by atoms with Crippen LogP contribution in [0.2, 0.25) is 0 Å². The van der Waals surface area contributed by atoms with Gasteiger partial charge < -0.3 is 10.1 Å². The zero-order valence-corrected chi connectivity index (χ0v) is 11.8. The van der Waals surface area contributed by atoms with Crippen molar-refractivity contribution in [3.8, 4) is 0 Å². The molecule has 0 radical (unpaired) electrons. The van der Waals surface area contributed by atoms with Crippen LogP contribution in [-0.2, 0) is 16.0 Å². The Bertz CT molecular complexity index is 550. The minimum atomic E-state index is -1.12. The summed E-state index contributed by atoms with van der Waals surface area (Å²) < 4.78 is 5.35. The van der Waals surface area contributed by atoms with E-state index >= 15 is 0 Å². The lowest BCUT2D eigenvalue weighted by molar-refractivity contribution is -0.139. The van der Waals surface area contributed by atoms with Gasteiger partial charge in [-0.05, 0) is 31.9 Å². The zero-order valence-electron chi connectivity index (χ0n) is 11.8. The molecule has 20 heavy (non-hydrogen) atoms. The molecule has 0 saturated heterocycles. The second-order valence-electron chi connectivity index (χ2n) is 5.07. The molecule has 1 amide bonds. The number of allylic oxidation sites excluding steroid dienone is 1. The molecular formula is C16H19NO3. The molecule has 0 aromatic heterocycles. The van der Waals surface area contributed by atoms with E-state index in [0.29, 0.717) is 18.5 Å². The molecule has 0 saturated carbocycles. The Balaban J connectivity index is 2.09. The summed E-state index contributed by atoms with van der Waals surface area (Å²) in [6.45, 7) is 4.13. The van der Waals surface area contributed by atoms with E-state index in [1.165, 1.54) is 0 Å². The Morgan fingerprint density at radius 2 is 2.20 bits per heavy atom. The van der Waals surface area contributed by atoms with Crippen molar-refractivity contribution >= 4 is 11.9 Å². The number of rotatable bonds is 4. The van der Waals surface area contributed by atoms with Crippen LogP contribution in [0.4, 0.5) is 0 Å². The quantitative estimate of drug-likeness (QED) is 0.520. The van der Waals surface area contributed by atoms with Crippen LogP contribution < -0.4 is 5.32 Å². The molecule has 0 spiro atoms. The topological polar surface area (TPSA) is 55.4 Å². The molecule has 4 nitrogen and oxygen atoms in total. The van der Waals surface area contributed by atoms with Crippen LogP contribution in [0.25, 0.3) is 0 Å². The van der Waals surface area contributed by atoms with Gasteiger partial charge in [-0.3, -0.25) is 4.79 Å². The number of cyclic esters (lactones) is 1. The number of carbonyl (C=O) groups excluding carboxylic acids is 2. The molecule has 1 atom stereocenters. The second-order valence-corrected chi connectivity index (χ2v) is 5.07. The molecule has 0 fully saturated rings.